The van der Waals surface area contributed by atoms with E-state index in [0.29, 0.717) is 12.5 Å². The van der Waals surface area contributed by atoms with Crippen molar-refractivity contribution >= 4 is 11.9 Å². The largest absolute Gasteiger partial charge is 0.478 e. The summed E-state index contributed by atoms with van der Waals surface area (Å²) < 4.78 is 0. The fourth-order valence-corrected chi connectivity index (χ4v) is 1.62. The van der Waals surface area contributed by atoms with E-state index in [0.717, 1.165) is 0 Å². The van der Waals surface area contributed by atoms with Gasteiger partial charge in [0, 0.05) is 11.5 Å². The van der Waals surface area contributed by atoms with Crippen molar-refractivity contribution in [3.63, 3.8) is 0 Å². The van der Waals surface area contributed by atoms with Gasteiger partial charge >= 0.3 is 11.9 Å². The molecule has 1 unspecified atom stereocenters. The van der Waals surface area contributed by atoms with Crippen molar-refractivity contribution in [2.24, 2.45) is 5.41 Å². The summed E-state index contributed by atoms with van der Waals surface area (Å²) in [5.74, 6) is -2.52. The van der Waals surface area contributed by atoms with Gasteiger partial charge in [-0.3, -0.25) is 0 Å². The molecule has 0 radical (unpaired) electrons. The second kappa shape index (κ2) is 4.61. The van der Waals surface area contributed by atoms with Gasteiger partial charge < -0.3 is 10.2 Å². The van der Waals surface area contributed by atoms with Crippen LogP contribution in [0, 0.1) is 5.41 Å². The molecule has 0 aromatic carbocycles. The molecule has 0 saturated carbocycles. The van der Waals surface area contributed by atoms with E-state index >= 15 is 0 Å². The van der Waals surface area contributed by atoms with Crippen LogP contribution in [-0.4, -0.2) is 22.2 Å². The molecule has 0 aliphatic heterocycles. The highest BCUT2D eigenvalue weighted by Crippen LogP contribution is 2.37. The van der Waals surface area contributed by atoms with Crippen LogP contribution in [0.15, 0.2) is 48.6 Å². The number of aliphatic carboxylic acids is 2. The SMILES string of the molecule is C=CC1(/C(=C/C(=O)O)C(=O)O)C=CC=CC1. The first-order chi connectivity index (χ1) is 7.52. The van der Waals surface area contributed by atoms with E-state index in [-0.39, 0.29) is 5.57 Å². The van der Waals surface area contributed by atoms with E-state index in [2.05, 4.69) is 6.58 Å². The van der Waals surface area contributed by atoms with Gasteiger partial charge in [-0.25, -0.2) is 9.59 Å². The number of rotatable bonds is 4. The number of hydrogen-bond donors (Lipinski definition) is 2. The van der Waals surface area contributed by atoms with Crippen molar-refractivity contribution in [1.29, 1.82) is 0 Å². The zero-order valence-electron chi connectivity index (χ0n) is 8.59. The molecule has 2 N–H and O–H groups in total. The Morgan fingerprint density at radius 1 is 1.31 bits per heavy atom. The topological polar surface area (TPSA) is 74.6 Å². The normalized spacial score (nSPS) is 24.1. The Balaban J connectivity index is 3.24. The van der Waals surface area contributed by atoms with Gasteiger partial charge in [-0.05, 0) is 6.42 Å². The molecular formula is C12H12O4. The number of allylic oxidation sites excluding steroid dienone is 5. The highest BCUT2D eigenvalue weighted by Gasteiger charge is 2.33. The van der Waals surface area contributed by atoms with Gasteiger partial charge in [0.15, 0.2) is 0 Å². The van der Waals surface area contributed by atoms with Crippen molar-refractivity contribution < 1.29 is 19.8 Å². The van der Waals surface area contributed by atoms with Crippen LogP contribution < -0.4 is 0 Å². The lowest BCUT2D eigenvalue weighted by Crippen LogP contribution is -2.25. The maximum atomic E-state index is 11.1. The molecule has 0 heterocycles. The maximum Gasteiger partial charge on any atom is 0.333 e. The minimum absolute atomic E-state index is 0.185. The number of carboxylic acids is 2. The molecule has 0 spiro atoms. The Bertz CT molecular complexity index is 415. The number of hydrogen-bond acceptors (Lipinski definition) is 2. The Hall–Kier alpha value is -2.10. The second-order valence-electron chi connectivity index (χ2n) is 3.44. The summed E-state index contributed by atoms with van der Waals surface area (Å²) in [5.41, 5.74) is -1.12. The average Bonchev–Trinajstić information content (AvgIpc) is 2.26. The molecule has 16 heavy (non-hydrogen) atoms. The summed E-state index contributed by atoms with van der Waals surface area (Å²) >= 11 is 0. The lowest BCUT2D eigenvalue weighted by atomic mass is 9.75. The zero-order valence-corrected chi connectivity index (χ0v) is 8.59. The standard InChI is InChI=1S/C12H12O4/c1-2-12(6-4-3-5-7-12)9(11(15)16)8-10(13)14/h2-6,8H,1,7H2,(H,13,14)(H,15,16)/b9-8+. The van der Waals surface area contributed by atoms with E-state index in [1.54, 1.807) is 24.3 Å². The molecule has 84 valence electrons. The van der Waals surface area contributed by atoms with Crippen LogP contribution in [-0.2, 0) is 9.59 Å². The third-order valence-electron chi connectivity index (χ3n) is 2.46. The van der Waals surface area contributed by atoms with Crippen molar-refractivity contribution in [1.82, 2.24) is 0 Å². The predicted octanol–water partition coefficient (Wildman–Crippen LogP) is 1.77. The highest BCUT2D eigenvalue weighted by atomic mass is 16.4. The van der Waals surface area contributed by atoms with Gasteiger partial charge in [0.25, 0.3) is 0 Å². The van der Waals surface area contributed by atoms with Gasteiger partial charge in [-0.1, -0.05) is 30.4 Å². The van der Waals surface area contributed by atoms with Gasteiger partial charge in [-0.15, -0.1) is 6.58 Å². The zero-order chi connectivity index (χ0) is 12.2. The van der Waals surface area contributed by atoms with Crippen LogP contribution >= 0.6 is 0 Å². The van der Waals surface area contributed by atoms with Crippen molar-refractivity contribution in [2.45, 2.75) is 6.42 Å². The van der Waals surface area contributed by atoms with E-state index in [9.17, 15) is 9.59 Å². The van der Waals surface area contributed by atoms with Crippen molar-refractivity contribution in [3.05, 3.63) is 48.6 Å². The number of carboxylic acid groups (broad SMARTS) is 2. The fraction of sp³-hybridized carbons (Fsp3) is 0.167. The molecule has 0 bridgehead atoms. The summed E-state index contributed by atoms with van der Waals surface area (Å²) in [6, 6.07) is 0. The van der Waals surface area contributed by atoms with Gasteiger partial charge in [0.2, 0.25) is 0 Å². The molecule has 0 saturated heterocycles. The minimum atomic E-state index is -1.28. The second-order valence-corrected chi connectivity index (χ2v) is 3.44. The van der Waals surface area contributed by atoms with Crippen LogP contribution in [0.3, 0.4) is 0 Å². The summed E-state index contributed by atoms with van der Waals surface area (Å²) in [7, 11) is 0. The molecule has 1 aliphatic carbocycles. The lowest BCUT2D eigenvalue weighted by Gasteiger charge is -2.27. The van der Waals surface area contributed by atoms with Crippen LogP contribution in [0.1, 0.15) is 6.42 Å². The molecule has 4 nitrogen and oxygen atoms in total. The molecule has 1 atom stereocenters. The first-order valence-electron chi connectivity index (χ1n) is 4.68. The van der Waals surface area contributed by atoms with Gasteiger partial charge in [-0.2, -0.15) is 0 Å². The lowest BCUT2D eigenvalue weighted by molar-refractivity contribution is -0.135. The van der Waals surface area contributed by atoms with E-state index in [1.165, 1.54) is 6.08 Å². The molecule has 0 aromatic rings. The van der Waals surface area contributed by atoms with Crippen LogP contribution in [0.5, 0.6) is 0 Å². The van der Waals surface area contributed by atoms with Crippen LogP contribution in [0.2, 0.25) is 0 Å². The monoisotopic (exact) mass is 220 g/mol. The molecule has 0 aromatic heterocycles. The predicted molar refractivity (Wildman–Crippen MR) is 58.9 cm³/mol. The molecule has 1 aliphatic rings. The average molecular weight is 220 g/mol. The summed E-state index contributed by atoms with van der Waals surface area (Å²) in [6.45, 7) is 3.58. The minimum Gasteiger partial charge on any atom is -0.478 e. The Morgan fingerprint density at radius 3 is 2.38 bits per heavy atom. The van der Waals surface area contributed by atoms with Crippen molar-refractivity contribution in [2.75, 3.05) is 0 Å². The Labute approximate surface area is 92.9 Å². The van der Waals surface area contributed by atoms with E-state index < -0.39 is 17.4 Å². The quantitative estimate of drug-likeness (QED) is 0.559. The Morgan fingerprint density at radius 2 is 2.00 bits per heavy atom. The summed E-state index contributed by atoms with van der Waals surface area (Å²) in [5, 5.41) is 17.7. The third kappa shape index (κ3) is 2.28. The summed E-state index contributed by atoms with van der Waals surface area (Å²) in [6.07, 6.45) is 9.46. The van der Waals surface area contributed by atoms with Crippen LogP contribution in [0.25, 0.3) is 0 Å². The molecule has 0 fully saturated rings. The summed E-state index contributed by atoms with van der Waals surface area (Å²) in [4.78, 5) is 21.7. The fourth-order valence-electron chi connectivity index (χ4n) is 1.62. The van der Waals surface area contributed by atoms with E-state index in [4.69, 9.17) is 10.2 Å². The third-order valence-corrected chi connectivity index (χ3v) is 2.46. The first kappa shape index (κ1) is 12.0. The Kier molecular flexibility index (Phi) is 3.45. The molecule has 4 heteroatoms. The highest BCUT2D eigenvalue weighted by molar-refractivity contribution is 5.96. The van der Waals surface area contributed by atoms with Crippen molar-refractivity contribution in [3.8, 4) is 0 Å². The van der Waals surface area contributed by atoms with Gasteiger partial charge in [0.05, 0.1) is 5.57 Å². The van der Waals surface area contributed by atoms with E-state index in [1.807, 2.05) is 0 Å². The number of carbonyl (C=O) groups is 2. The molecule has 0 amide bonds. The van der Waals surface area contributed by atoms with Gasteiger partial charge in [0.1, 0.15) is 0 Å². The van der Waals surface area contributed by atoms with Crippen LogP contribution in [0.4, 0.5) is 0 Å². The molecule has 1 rings (SSSR count). The molecular weight excluding hydrogens is 208 g/mol. The smallest absolute Gasteiger partial charge is 0.333 e. The maximum absolute atomic E-state index is 11.1. The first-order valence-corrected chi connectivity index (χ1v) is 4.68.